The van der Waals surface area contributed by atoms with E-state index in [4.69, 9.17) is 14.2 Å². The van der Waals surface area contributed by atoms with Gasteiger partial charge in [-0.2, -0.15) is 0 Å². The Morgan fingerprint density at radius 1 is 0.864 bits per heavy atom. The summed E-state index contributed by atoms with van der Waals surface area (Å²) >= 11 is 0. The molecule has 3 amide bonds. The molecule has 0 aliphatic carbocycles. The topological polar surface area (TPSA) is 114 Å². The minimum absolute atomic E-state index is 0.276. The highest BCUT2D eigenvalue weighted by molar-refractivity contribution is 6.08. The molecule has 1 aliphatic rings. The number of fused-ring (bicyclic) bond motifs is 1. The van der Waals surface area contributed by atoms with Gasteiger partial charge in [0.15, 0.2) is 5.75 Å². The highest BCUT2D eigenvalue weighted by Gasteiger charge is 2.22. The van der Waals surface area contributed by atoms with Crippen molar-refractivity contribution in [2.24, 2.45) is 0 Å². The van der Waals surface area contributed by atoms with E-state index in [1.54, 1.807) is 6.20 Å². The average Bonchev–Trinajstić information content (AvgIpc) is 3.51. The van der Waals surface area contributed by atoms with E-state index in [0.717, 1.165) is 41.7 Å². The average molecular weight is 598 g/mol. The van der Waals surface area contributed by atoms with Crippen LogP contribution in [0, 0.1) is 0 Å². The van der Waals surface area contributed by atoms with Gasteiger partial charge >= 0.3 is 12.1 Å². The number of nitrogens with one attached hydrogen (secondary N) is 3. The lowest BCUT2D eigenvalue weighted by molar-refractivity contribution is 0.187. The fraction of sp³-hybridized carbons (Fsp3) is 0.324. The maximum Gasteiger partial charge on any atom is 0.411 e. The highest BCUT2D eigenvalue weighted by Crippen LogP contribution is 2.39. The van der Waals surface area contributed by atoms with E-state index in [0.29, 0.717) is 34.3 Å². The molecule has 0 saturated carbocycles. The summed E-state index contributed by atoms with van der Waals surface area (Å²) < 4.78 is 16.7. The molecule has 0 atom stereocenters. The molecule has 3 aromatic carbocycles. The first-order valence-corrected chi connectivity index (χ1v) is 14.7. The normalized spacial score (nSPS) is 13.4. The van der Waals surface area contributed by atoms with Crippen molar-refractivity contribution in [3.63, 3.8) is 0 Å². The Bertz CT molecular complexity index is 1660. The highest BCUT2D eigenvalue weighted by atomic mass is 16.5. The predicted molar refractivity (Wildman–Crippen MR) is 173 cm³/mol. The van der Waals surface area contributed by atoms with Crippen LogP contribution in [0.15, 0.2) is 66.9 Å². The van der Waals surface area contributed by atoms with Crippen LogP contribution in [0.4, 0.5) is 26.7 Å². The molecule has 1 fully saturated rings. The van der Waals surface area contributed by atoms with Crippen molar-refractivity contribution in [3.05, 3.63) is 78.1 Å². The van der Waals surface area contributed by atoms with Crippen LogP contribution in [0.25, 0.3) is 10.8 Å². The zero-order valence-electron chi connectivity index (χ0n) is 25.8. The Morgan fingerprint density at radius 3 is 2.23 bits per heavy atom. The molecule has 44 heavy (non-hydrogen) atoms. The molecule has 0 bridgehead atoms. The van der Waals surface area contributed by atoms with Gasteiger partial charge in [-0.1, -0.05) is 45.0 Å². The zero-order chi connectivity index (χ0) is 31.3. The van der Waals surface area contributed by atoms with E-state index in [1.165, 1.54) is 27.1 Å². The van der Waals surface area contributed by atoms with Crippen LogP contribution in [-0.2, 0) is 16.7 Å². The fourth-order valence-corrected chi connectivity index (χ4v) is 5.28. The van der Waals surface area contributed by atoms with E-state index in [9.17, 15) is 9.59 Å². The second-order valence-electron chi connectivity index (χ2n) is 11.8. The summed E-state index contributed by atoms with van der Waals surface area (Å²) in [6, 6.07) is 18.4. The largest absolute Gasteiger partial charge is 0.492 e. The van der Waals surface area contributed by atoms with Crippen LogP contribution in [0.1, 0.15) is 44.9 Å². The van der Waals surface area contributed by atoms with Gasteiger partial charge in [0, 0.05) is 29.6 Å². The zero-order valence-corrected chi connectivity index (χ0v) is 25.8. The number of pyridine rings is 1. The summed E-state index contributed by atoms with van der Waals surface area (Å²) in [6.07, 6.45) is 3.59. The Morgan fingerprint density at radius 2 is 1.55 bits per heavy atom. The van der Waals surface area contributed by atoms with Gasteiger partial charge in [0.05, 0.1) is 37.0 Å². The van der Waals surface area contributed by atoms with E-state index in [-0.39, 0.29) is 5.41 Å². The van der Waals surface area contributed by atoms with Crippen LogP contribution < -0.4 is 25.4 Å². The number of nitrogens with zero attached hydrogens (tertiary/aromatic N) is 2. The molecule has 5 rings (SSSR count). The first kappa shape index (κ1) is 30.6. The summed E-state index contributed by atoms with van der Waals surface area (Å²) in [5, 5.41) is 10.2. The molecule has 10 heteroatoms. The van der Waals surface area contributed by atoms with Crippen LogP contribution in [0.5, 0.6) is 17.2 Å². The van der Waals surface area contributed by atoms with Gasteiger partial charge in [-0.05, 0) is 67.2 Å². The van der Waals surface area contributed by atoms with E-state index < -0.39 is 12.1 Å². The first-order valence-electron chi connectivity index (χ1n) is 14.7. The summed E-state index contributed by atoms with van der Waals surface area (Å²) in [7, 11) is 2.76. The number of benzene rings is 3. The predicted octanol–water partition coefficient (Wildman–Crippen LogP) is 7.75. The van der Waals surface area contributed by atoms with Crippen molar-refractivity contribution in [2.45, 2.75) is 45.6 Å². The van der Waals surface area contributed by atoms with Crippen molar-refractivity contribution in [2.75, 3.05) is 43.3 Å². The maximum absolute atomic E-state index is 13.4. The van der Waals surface area contributed by atoms with Gasteiger partial charge < -0.3 is 24.8 Å². The third-order valence-electron chi connectivity index (χ3n) is 7.56. The number of rotatable bonds is 8. The molecule has 1 aromatic heterocycles. The lowest BCUT2D eigenvalue weighted by atomic mass is 9.86. The maximum atomic E-state index is 13.4. The number of carbonyl (C=O) groups excluding carboxylic acids is 2. The molecule has 230 valence electrons. The number of hydrogen-bond donors (Lipinski definition) is 3. The van der Waals surface area contributed by atoms with Gasteiger partial charge in [0.2, 0.25) is 0 Å². The molecule has 0 spiro atoms. The molecular formula is C34H39N5O5. The van der Waals surface area contributed by atoms with Gasteiger partial charge in [-0.15, -0.1) is 0 Å². The first-order chi connectivity index (χ1) is 21.1. The number of aromatic nitrogens is 1. The van der Waals surface area contributed by atoms with Gasteiger partial charge in [0.25, 0.3) is 0 Å². The van der Waals surface area contributed by atoms with E-state index in [2.05, 4.69) is 25.8 Å². The second-order valence-corrected chi connectivity index (χ2v) is 11.8. The Hall–Kier alpha value is -4.83. The monoisotopic (exact) mass is 597 g/mol. The van der Waals surface area contributed by atoms with Crippen molar-refractivity contribution in [1.29, 1.82) is 0 Å². The Labute approximate surface area is 257 Å². The number of likely N-dealkylation sites (tertiary alicyclic amines) is 1. The number of methoxy groups -OCH3 is 2. The molecular weight excluding hydrogens is 558 g/mol. The lowest BCUT2D eigenvalue weighted by Gasteiger charge is -2.24. The minimum atomic E-state index is -0.645. The number of urea groups is 1. The summed E-state index contributed by atoms with van der Waals surface area (Å²) in [5.41, 5.74) is 2.96. The Balaban J connectivity index is 1.38. The standard InChI is InChI=1S/C34H39N5O5/c1-34(2,3)22-18-28(31(42-4)29(19-22)38-33(41)43-5)37-32(40)36-27-12-13-30(26-11-7-6-10-25(26)27)44-24-14-15-35-23(20-24)21-39-16-8-9-17-39/h6-7,10-15,18-20H,8-9,16-17,21H2,1-5H3,(H,38,41)(H2,36,37,40). The summed E-state index contributed by atoms with van der Waals surface area (Å²) in [4.78, 5) is 32.3. The molecule has 0 unspecified atom stereocenters. The molecule has 3 N–H and O–H groups in total. The Kier molecular flexibility index (Phi) is 9.20. The number of carbonyl (C=O) groups is 2. The molecule has 1 aliphatic heterocycles. The number of hydrogen-bond acceptors (Lipinski definition) is 7. The molecule has 10 nitrogen and oxygen atoms in total. The molecule has 1 saturated heterocycles. The van der Waals surface area contributed by atoms with E-state index >= 15 is 0 Å². The molecule has 2 heterocycles. The third-order valence-corrected chi connectivity index (χ3v) is 7.56. The second kappa shape index (κ2) is 13.2. The van der Waals surface area contributed by atoms with Crippen LogP contribution in [0.3, 0.4) is 0 Å². The van der Waals surface area contributed by atoms with Crippen molar-refractivity contribution in [3.8, 4) is 17.2 Å². The van der Waals surface area contributed by atoms with Crippen LogP contribution in [0.2, 0.25) is 0 Å². The van der Waals surface area contributed by atoms with Gasteiger partial charge in [-0.25, -0.2) is 9.59 Å². The lowest BCUT2D eigenvalue weighted by Crippen LogP contribution is -2.22. The number of anilines is 3. The van der Waals surface area contributed by atoms with E-state index in [1.807, 2.05) is 81.4 Å². The number of ether oxygens (including phenoxy) is 3. The summed E-state index contributed by atoms with van der Waals surface area (Å²) in [6.45, 7) is 9.11. The fourth-order valence-electron chi connectivity index (χ4n) is 5.28. The van der Waals surface area contributed by atoms with Crippen LogP contribution in [-0.4, -0.2) is 49.3 Å². The minimum Gasteiger partial charge on any atom is -0.492 e. The van der Waals surface area contributed by atoms with Crippen molar-refractivity contribution in [1.82, 2.24) is 9.88 Å². The molecule has 4 aromatic rings. The third kappa shape index (κ3) is 7.20. The number of amides is 3. The van der Waals surface area contributed by atoms with Crippen molar-refractivity contribution < 1.29 is 23.8 Å². The molecule has 0 radical (unpaired) electrons. The van der Waals surface area contributed by atoms with Crippen LogP contribution >= 0.6 is 0 Å². The summed E-state index contributed by atoms with van der Waals surface area (Å²) in [5.74, 6) is 1.68. The SMILES string of the molecule is COC(=O)Nc1cc(C(C)(C)C)cc(NC(=O)Nc2ccc(Oc3ccnc(CN4CCCC4)c3)c3ccccc23)c1OC. The quantitative estimate of drug-likeness (QED) is 0.190. The smallest absolute Gasteiger partial charge is 0.411 e. The van der Waals surface area contributed by atoms with Gasteiger partial charge in [-0.3, -0.25) is 15.2 Å². The van der Waals surface area contributed by atoms with Crippen molar-refractivity contribution >= 4 is 40.0 Å². The van der Waals surface area contributed by atoms with Gasteiger partial charge in [0.1, 0.15) is 11.5 Å².